The minimum atomic E-state index is -3.66. The van der Waals surface area contributed by atoms with Crippen molar-refractivity contribution in [2.75, 3.05) is 41.3 Å². The molecule has 0 radical (unpaired) electrons. The van der Waals surface area contributed by atoms with Crippen LogP contribution in [0.2, 0.25) is 0 Å². The lowest BCUT2D eigenvalue weighted by atomic mass is 9.85. The largest absolute Gasteiger partial charge is 0.327 e. The van der Waals surface area contributed by atoms with Gasteiger partial charge in [0.25, 0.3) is 5.91 Å². The zero-order valence-corrected chi connectivity index (χ0v) is 21.9. The molecule has 0 spiro atoms. The molecule has 3 rings (SSSR count). The molecule has 2 atom stereocenters. The van der Waals surface area contributed by atoms with E-state index in [0.29, 0.717) is 19.0 Å². The highest BCUT2D eigenvalue weighted by molar-refractivity contribution is 7.89. The monoisotopic (exact) mass is 499 g/mol. The molecular formula is C26H33N3O5S. The molecule has 35 heavy (non-hydrogen) atoms. The van der Waals surface area contributed by atoms with E-state index in [0.717, 1.165) is 15.4 Å². The zero-order chi connectivity index (χ0) is 26.1. The maximum atomic E-state index is 13.6. The van der Waals surface area contributed by atoms with E-state index in [1.54, 1.807) is 0 Å². The summed E-state index contributed by atoms with van der Waals surface area (Å²) in [6.07, 6.45) is 0. The summed E-state index contributed by atoms with van der Waals surface area (Å²) in [6.45, 7) is 5.00. The Hall–Kier alpha value is -2.88. The summed E-state index contributed by atoms with van der Waals surface area (Å²) in [5, 5.41) is 0. The van der Waals surface area contributed by atoms with Crippen molar-refractivity contribution in [3.8, 4) is 0 Å². The predicted octanol–water partition coefficient (Wildman–Crippen LogP) is 2.57. The highest BCUT2D eigenvalue weighted by atomic mass is 32.2. The minimum Gasteiger partial charge on any atom is -0.327 e. The number of ketones is 2. The Balaban J connectivity index is 2.02. The van der Waals surface area contributed by atoms with Gasteiger partial charge in [0.05, 0.1) is 10.9 Å². The fraction of sp³-hybridized carbons (Fsp3) is 0.423. The lowest BCUT2D eigenvalue weighted by Gasteiger charge is -2.28. The summed E-state index contributed by atoms with van der Waals surface area (Å²) in [5.41, 5.74) is 2.02. The maximum Gasteiger partial charge on any atom is 0.291 e. The molecular weight excluding hydrogens is 466 g/mol. The Morgan fingerprint density at radius 1 is 0.943 bits per heavy atom. The maximum absolute atomic E-state index is 13.6. The first-order valence-corrected chi connectivity index (χ1v) is 13.0. The zero-order valence-electron chi connectivity index (χ0n) is 21.1. The van der Waals surface area contributed by atoms with Crippen LogP contribution in [0.5, 0.6) is 0 Å². The van der Waals surface area contributed by atoms with E-state index < -0.39 is 39.5 Å². The third-order valence-corrected chi connectivity index (χ3v) is 8.17. The molecule has 1 saturated heterocycles. The topological polar surface area (TPSA) is 95.1 Å². The van der Waals surface area contributed by atoms with Gasteiger partial charge in [0.15, 0.2) is 5.78 Å². The number of carbonyl (C=O) groups excluding carboxylic acids is 3. The summed E-state index contributed by atoms with van der Waals surface area (Å²) >= 11 is 0. The molecule has 2 unspecified atom stereocenters. The molecule has 0 bridgehead atoms. The Morgan fingerprint density at radius 2 is 1.51 bits per heavy atom. The Kier molecular flexibility index (Phi) is 7.93. The van der Waals surface area contributed by atoms with Crippen molar-refractivity contribution >= 4 is 27.5 Å². The quantitative estimate of drug-likeness (QED) is 0.299. The average molecular weight is 500 g/mol. The number of nitrogens with zero attached hydrogens (tertiary/aromatic N) is 3. The molecule has 1 fully saturated rings. The number of likely N-dealkylation sites (N-methyl/N-ethyl adjacent to an activating group) is 1. The number of amides is 1. The van der Waals surface area contributed by atoms with Gasteiger partial charge >= 0.3 is 0 Å². The van der Waals surface area contributed by atoms with Crippen molar-refractivity contribution < 1.29 is 22.8 Å². The molecule has 2 aromatic carbocycles. The second-order valence-electron chi connectivity index (χ2n) is 9.59. The SMILES string of the molecule is CC(C)c1ccc(C2C(C(=O)c3ccc(S(=O)(=O)N(C)C)cc3)C(=O)C(=O)N2CCN(C)C)cc1. The van der Waals surface area contributed by atoms with Gasteiger partial charge in [-0.05, 0) is 43.3 Å². The highest BCUT2D eigenvalue weighted by Gasteiger charge is 2.51. The van der Waals surface area contributed by atoms with Gasteiger partial charge < -0.3 is 9.80 Å². The van der Waals surface area contributed by atoms with Gasteiger partial charge in [-0.2, -0.15) is 0 Å². The van der Waals surface area contributed by atoms with E-state index in [9.17, 15) is 22.8 Å². The smallest absolute Gasteiger partial charge is 0.291 e. The molecule has 8 nitrogen and oxygen atoms in total. The first-order valence-electron chi connectivity index (χ1n) is 11.5. The van der Waals surface area contributed by atoms with E-state index in [4.69, 9.17) is 0 Å². The number of Topliss-reactive ketones (excluding diaryl/α,β-unsaturated/α-hetero) is 2. The highest BCUT2D eigenvalue weighted by Crippen LogP contribution is 2.38. The van der Waals surface area contributed by atoms with Crippen molar-refractivity contribution in [3.05, 3.63) is 65.2 Å². The lowest BCUT2D eigenvalue weighted by molar-refractivity contribution is -0.140. The number of carbonyl (C=O) groups is 3. The third-order valence-electron chi connectivity index (χ3n) is 6.34. The van der Waals surface area contributed by atoms with Crippen molar-refractivity contribution in [1.82, 2.24) is 14.1 Å². The van der Waals surface area contributed by atoms with Crippen molar-refractivity contribution in [1.29, 1.82) is 0 Å². The summed E-state index contributed by atoms with van der Waals surface area (Å²) in [7, 11) is 2.94. The van der Waals surface area contributed by atoms with Crippen LogP contribution in [0, 0.1) is 5.92 Å². The Bertz CT molecular complexity index is 1200. The van der Waals surface area contributed by atoms with Gasteiger partial charge in [0, 0.05) is 32.7 Å². The molecule has 2 aromatic rings. The number of hydrogen-bond donors (Lipinski definition) is 0. The summed E-state index contributed by atoms with van der Waals surface area (Å²) in [5.74, 6) is -2.80. The molecule has 0 N–H and O–H groups in total. The first-order chi connectivity index (χ1) is 16.4. The van der Waals surface area contributed by atoms with E-state index in [-0.39, 0.29) is 10.5 Å². The van der Waals surface area contributed by atoms with Gasteiger partial charge in [0.1, 0.15) is 5.92 Å². The van der Waals surface area contributed by atoms with Gasteiger partial charge in [-0.15, -0.1) is 0 Å². The predicted molar refractivity (Wildman–Crippen MR) is 134 cm³/mol. The van der Waals surface area contributed by atoms with Crippen molar-refractivity contribution in [2.24, 2.45) is 5.92 Å². The summed E-state index contributed by atoms with van der Waals surface area (Å²) in [4.78, 5) is 43.1. The van der Waals surface area contributed by atoms with E-state index >= 15 is 0 Å². The van der Waals surface area contributed by atoms with Crippen molar-refractivity contribution in [2.45, 2.75) is 30.7 Å². The second kappa shape index (κ2) is 10.4. The number of rotatable bonds is 9. The van der Waals surface area contributed by atoms with Crippen LogP contribution in [0.15, 0.2) is 53.4 Å². The number of hydrogen-bond acceptors (Lipinski definition) is 6. The average Bonchev–Trinajstić information content (AvgIpc) is 3.07. The van der Waals surface area contributed by atoms with Gasteiger partial charge in [0.2, 0.25) is 15.8 Å². The summed E-state index contributed by atoms with van der Waals surface area (Å²) < 4.78 is 25.8. The molecule has 1 aliphatic rings. The third kappa shape index (κ3) is 5.37. The standard InChI is InChI=1S/C26H33N3O5S/c1-17(2)18-7-9-19(10-8-18)23-22(25(31)26(32)29(23)16-15-27(3)4)24(30)20-11-13-21(14-12-20)35(33,34)28(5)6/h7-14,17,22-23H,15-16H2,1-6H3. The van der Waals surface area contributed by atoms with E-state index in [1.165, 1.54) is 43.3 Å². The van der Waals surface area contributed by atoms with Gasteiger partial charge in [-0.1, -0.05) is 50.2 Å². The molecule has 1 aliphatic heterocycles. The van der Waals surface area contributed by atoms with Crippen molar-refractivity contribution in [3.63, 3.8) is 0 Å². The fourth-order valence-electron chi connectivity index (χ4n) is 4.17. The molecule has 1 amide bonds. The minimum absolute atomic E-state index is 0.0429. The Labute approximate surface area is 207 Å². The molecule has 0 aliphatic carbocycles. The van der Waals surface area contributed by atoms with Crippen LogP contribution in [0.1, 0.15) is 47.3 Å². The van der Waals surface area contributed by atoms with E-state index in [2.05, 4.69) is 13.8 Å². The van der Waals surface area contributed by atoms with Crippen LogP contribution in [-0.2, 0) is 19.6 Å². The van der Waals surface area contributed by atoms with Crippen LogP contribution in [0.3, 0.4) is 0 Å². The lowest BCUT2D eigenvalue weighted by Crippen LogP contribution is -2.36. The molecule has 1 heterocycles. The van der Waals surface area contributed by atoms with Crippen LogP contribution in [-0.4, -0.2) is 81.3 Å². The fourth-order valence-corrected chi connectivity index (χ4v) is 5.07. The second-order valence-corrected chi connectivity index (χ2v) is 11.7. The van der Waals surface area contributed by atoms with Crippen LogP contribution in [0.4, 0.5) is 0 Å². The van der Waals surface area contributed by atoms with E-state index in [1.807, 2.05) is 43.3 Å². The molecule has 188 valence electrons. The van der Waals surface area contributed by atoms with Crippen LogP contribution in [0.25, 0.3) is 0 Å². The normalized spacial score (nSPS) is 18.8. The number of benzene rings is 2. The first kappa shape index (κ1) is 26.7. The number of sulfonamides is 1. The molecule has 0 saturated carbocycles. The van der Waals surface area contributed by atoms with Gasteiger partial charge in [-0.25, -0.2) is 12.7 Å². The van der Waals surface area contributed by atoms with Crippen LogP contribution < -0.4 is 0 Å². The van der Waals surface area contributed by atoms with Gasteiger partial charge in [-0.3, -0.25) is 14.4 Å². The molecule has 0 aromatic heterocycles. The Morgan fingerprint density at radius 3 is 2.00 bits per heavy atom. The summed E-state index contributed by atoms with van der Waals surface area (Å²) in [6, 6.07) is 12.4. The van der Waals surface area contributed by atoms with Crippen LogP contribution >= 0.6 is 0 Å². The number of likely N-dealkylation sites (tertiary alicyclic amines) is 1. The molecule has 9 heteroatoms.